The molecule has 0 unspecified atom stereocenters. The molecule has 0 radical (unpaired) electrons. The second kappa shape index (κ2) is 3.82. The van der Waals surface area contributed by atoms with E-state index >= 15 is 0 Å². The Morgan fingerprint density at radius 1 is 1.16 bits per heavy atom. The van der Waals surface area contributed by atoms with Gasteiger partial charge in [0.05, 0.1) is 11.4 Å². The minimum Gasteiger partial charge on any atom is -0.352 e. The highest BCUT2D eigenvalue weighted by Crippen LogP contribution is 2.31. The Labute approximate surface area is 109 Å². The van der Waals surface area contributed by atoms with Gasteiger partial charge in [0, 0.05) is 29.1 Å². The number of aromatic nitrogens is 3. The van der Waals surface area contributed by atoms with Crippen LogP contribution in [0.5, 0.6) is 0 Å². The largest absolute Gasteiger partial charge is 0.352 e. The van der Waals surface area contributed by atoms with Crippen LogP contribution in [0.15, 0.2) is 30.5 Å². The molecule has 4 rings (SSSR count). The standard InChI is InChI=1S/C15H13N3O/c19-14-3-1-2-10-11-8-9(12-6-7-16-18-12)4-5-13(11)17-15(10)14/h4-8,17H,1-3H2,(H,16,18). The third-order valence-electron chi connectivity index (χ3n) is 3.83. The molecule has 94 valence electrons. The highest BCUT2D eigenvalue weighted by Gasteiger charge is 2.21. The van der Waals surface area contributed by atoms with Gasteiger partial charge in [-0.25, -0.2) is 0 Å². The summed E-state index contributed by atoms with van der Waals surface area (Å²) in [5.74, 6) is 0.237. The zero-order valence-corrected chi connectivity index (χ0v) is 10.4. The van der Waals surface area contributed by atoms with Gasteiger partial charge in [0.15, 0.2) is 5.78 Å². The molecule has 0 atom stereocenters. The van der Waals surface area contributed by atoms with Gasteiger partial charge >= 0.3 is 0 Å². The maximum absolute atomic E-state index is 11.9. The first kappa shape index (κ1) is 10.6. The van der Waals surface area contributed by atoms with Crippen LogP contribution < -0.4 is 0 Å². The third-order valence-corrected chi connectivity index (χ3v) is 3.83. The maximum Gasteiger partial charge on any atom is 0.179 e. The number of rotatable bonds is 1. The van der Waals surface area contributed by atoms with Crippen molar-refractivity contribution >= 4 is 16.7 Å². The van der Waals surface area contributed by atoms with Crippen molar-refractivity contribution < 1.29 is 4.79 Å². The van der Waals surface area contributed by atoms with Crippen LogP contribution in [0.3, 0.4) is 0 Å². The van der Waals surface area contributed by atoms with E-state index in [1.807, 2.05) is 18.2 Å². The first-order chi connectivity index (χ1) is 9.33. The number of fused-ring (bicyclic) bond motifs is 3. The van der Waals surface area contributed by atoms with Crippen molar-refractivity contribution in [2.75, 3.05) is 0 Å². The molecule has 0 amide bonds. The number of hydrogen-bond donors (Lipinski definition) is 2. The summed E-state index contributed by atoms with van der Waals surface area (Å²) < 4.78 is 0. The number of aryl methyl sites for hydroxylation is 1. The van der Waals surface area contributed by atoms with Crippen molar-refractivity contribution in [3.05, 3.63) is 41.7 Å². The van der Waals surface area contributed by atoms with Crippen molar-refractivity contribution in [3.8, 4) is 11.3 Å². The van der Waals surface area contributed by atoms with Crippen LogP contribution >= 0.6 is 0 Å². The van der Waals surface area contributed by atoms with E-state index in [1.54, 1.807) is 6.20 Å². The van der Waals surface area contributed by atoms with E-state index in [1.165, 1.54) is 5.56 Å². The lowest BCUT2D eigenvalue weighted by Crippen LogP contribution is -2.09. The molecule has 1 aromatic carbocycles. The number of carbonyl (C=O) groups is 1. The first-order valence-electron chi connectivity index (χ1n) is 6.50. The molecule has 3 aromatic rings. The minimum absolute atomic E-state index is 0.237. The number of Topliss-reactive ketones (excluding diaryl/α,β-unsaturated/α-hetero) is 1. The Bertz CT molecular complexity index is 768. The number of carbonyl (C=O) groups excluding carboxylic acids is 1. The van der Waals surface area contributed by atoms with Crippen molar-refractivity contribution in [2.45, 2.75) is 19.3 Å². The van der Waals surface area contributed by atoms with Gasteiger partial charge < -0.3 is 4.98 Å². The number of hydrogen-bond acceptors (Lipinski definition) is 2. The average molecular weight is 251 g/mol. The lowest BCUT2D eigenvalue weighted by atomic mass is 9.94. The molecule has 1 aliphatic rings. The summed E-state index contributed by atoms with van der Waals surface area (Å²) in [5.41, 5.74) is 5.13. The van der Waals surface area contributed by atoms with E-state index in [2.05, 4.69) is 21.2 Å². The van der Waals surface area contributed by atoms with Crippen molar-refractivity contribution in [1.29, 1.82) is 0 Å². The summed E-state index contributed by atoms with van der Waals surface area (Å²) in [7, 11) is 0. The van der Waals surface area contributed by atoms with Gasteiger partial charge in [0.1, 0.15) is 0 Å². The Morgan fingerprint density at radius 3 is 2.95 bits per heavy atom. The molecular weight excluding hydrogens is 238 g/mol. The van der Waals surface area contributed by atoms with Crippen LogP contribution in [0, 0.1) is 0 Å². The molecular formula is C15H13N3O. The van der Waals surface area contributed by atoms with Crippen LogP contribution in [-0.4, -0.2) is 21.0 Å². The van der Waals surface area contributed by atoms with Crippen LogP contribution in [0.2, 0.25) is 0 Å². The topological polar surface area (TPSA) is 61.5 Å². The predicted molar refractivity (Wildman–Crippen MR) is 73.1 cm³/mol. The normalized spacial score (nSPS) is 14.8. The molecule has 19 heavy (non-hydrogen) atoms. The van der Waals surface area contributed by atoms with Gasteiger partial charge in [0.25, 0.3) is 0 Å². The highest BCUT2D eigenvalue weighted by atomic mass is 16.1. The number of nitrogens with one attached hydrogen (secondary N) is 2. The summed E-state index contributed by atoms with van der Waals surface area (Å²) in [6.45, 7) is 0. The second-order valence-electron chi connectivity index (χ2n) is 4.99. The van der Waals surface area contributed by atoms with Crippen molar-refractivity contribution in [2.24, 2.45) is 0 Å². The van der Waals surface area contributed by atoms with Gasteiger partial charge in [-0.1, -0.05) is 6.07 Å². The van der Waals surface area contributed by atoms with Crippen molar-refractivity contribution in [3.63, 3.8) is 0 Å². The van der Waals surface area contributed by atoms with Crippen LogP contribution in [0.25, 0.3) is 22.2 Å². The molecule has 0 saturated carbocycles. The molecule has 0 aliphatic heterocycles. The zero-order chi connectivity index (χ0) is 12.8. The van der Waals surface area contributed by atoms with Gasteiger partial charge in [-0.3, -0.25) is 9.89 Å². The monoisotopic (exact) mass is 251 g/mol. The number of ketones is 1. The van der Waals surface area contributed by atoms with E-state index in [9.17, 15) is 4.79 Å². The summed E-state index contributed by atoms with van der Waals surface area (Å²) in [5, 5.41) is 8.11. The van der Waals surface area contributed by atoms with E-state index in [0.717, 1.165) is 40.7 Å². The summed E-state index contributed by atoms with van der Waals surface area (Å²) in [6.07, 6.45) is 4.34. The van der Waals surface area contributed by atoms with Gasteiger partial charge in [-0.05, 0) is 36.6 Å². The average Bonchev–Trinajstić information content (AvgIpc) is 3.05. The molecule has 1 aliphatic carbocycles. The third kappa shape index (κ3) is 1.53. The molecule has 0 fully saturated rings. The maximum atomic E-state index is 11.9. The molecule has 0 spiro atoms. The SMILES string of the molecule is O=C1CCCc2c1[nH]c1ccc(-c3ccn[nH]3)cc21. The zero-order valence-electron chi connectivity index (χ0n) is 10.4. The number of nitrogens with zero attached hydrogens (tertiary/aromatic N) is 1. The summed E-state index contributed by atoms with van der Waals surface area (Å²) >= 11 is 0. The highest BCUT2D eigenvalue weighted by molar-refractivity contribution is 6.04. The smallest absolute Gasteiger partial charge is 0.179 e. The van der Waals surface area contributed by atoms with Crippen molar-refractivity contribution in [1.82, 2.24) is 15.2 Å². The predicted octanol–water partition coefficient (Wildman–Crippen LogP) is 3.08. The molecule has 2 aromatic heterocycles. The second-order valence-corrected chi connectivity index (χ2v) is 4.99. The van der Waals surface area contributed by atoms with Gasteiger partial charge in [0.2, 0.25) is 0 Å². The van der Waals surface area contributed by atoms with E-state index in [4.69, 9.17) is 0 Å². The molecule has 0 saturated heterocycles. The van der Waals surface area contributed by atoms with Crippen LogP contribution in [0.1, 0.15) is 28.9 Å². The van der Waals surface area contributed by atoms with E-state index in [-0.39, 0.29) is 5.78 Å². The number of H-pyrrole nitrogens is 2. The van der Waals surface area contributed by atoms with Gasteiger partial charge in [-0.2, -0.15) is 5.10 Å². The molecule has 2 N–H and O–H groups in total. The Kier molecular flexibility index (Phi) is 2.12. The van der Waals surface area contributed by atoms with E-state index in [0.29, 0.717) is 6.42 Å². The molecule has 0 bridgehead atoms. The molecule has 2 heterocycles. The number of benzene rings is 1. The van der Waals surface area contributed by atoms with E-state index < -0.39 is 0 Å². The molecule has 4 heteroatoms. The lowest BCUT2D eigenvalue weighted by Gasteiger charge is -2.09. The number of aromatic amines is 2. The summed E-state index contributed by atoms with van der Waals surface area (Å²) in [4.78, 5) is 15.2. The Morgan fingerprint density at radius 2 is 2.11 bits per heavy atom. The quantitative estimate of drug-likeness (QED) is 0.698. The van der Waals surface area contributed by atoms with Crippen LogP contribution in [0.4, 0.5) is 0 Å². The fourth-order valence-corrected chi connectivity index (χ4v) is 2.88. The fraction of sp³-hybridized carbons (Fsp3) is 0.200. The molecule has 4 nitrogen and oxygen atoms in total. The van der Waals surface area contributed by atoms with Gasteiger partial charge in [-0.15, -0.1) is 0 Å². The Balaban J connectivity index is 1.96. The lowest BCUT2D eigenvalue weighted by molar-refractivity contribution is 0.0968. The first-order valence-corrected chi connectivity index (χ1v) is 6.50. The Hall–Kier alpha value is -2.36. The fourth-order valence-electron chi connectivity index (χ4n) is 2.88. The summed E-state index contributed by atoms with van der Waals surface area (Å²) in [6, 6.07) is 8.17. The van der Waals surface area contributed by atoms with Crippen LogP contribution in [-0.2, 0) is 6.42 Å². The minimum atomic E-state index is 0.237.